The van der Waals surface area contributed by atoms with Gasteiger partial charge in [-0.05, 0) is 12.8 Å². The molecule has 1 aliphatic carbocycles. The summed E-state index contributed by atoms with van der Waals surface area (Å²) in [5, 5.41) is 0. The standard InChI is InChI=1S/C16H30O6/c1-17-10-12-13(18-2)14(19-3)15(20-4)16(22-12)21-11-8-6-5-7-9-11/h11-16H,5-10H2,1-4H3/t12-,13+,14+,15-,16-/m0/s1. The van der Waals surface area contributed by atoms with Crippen LogP contribution in [0.15, 0.2) is 0 Å². The second-order valence-corrected chi connectivity index (χ2v) is 6.00. The van der Waals surface area contributed by atoms with Gasteiger partial charge in [0, 0.05) is 28.4 Å². The second kappa shape index (κ2) is 9.15. The molecule has 0 aromatic rings. The summed E-state index contributed by atoms with van der Waals surface area (Å²) >= 11 is 0. The number of hydrogen-bond acceptors (Lipinski definition) is 6. The third kappa shape index (κ3) is 4.19. The van der Waals surface area contributed by atoms with Crippen molar-refractivity contribution >= 4 is 0 Å². The van der Waals surface area contributed by atoms with Crippen molar-refractivity contribution in [1.82, 2.24) is 0 Å². The Morgan fingerprint density at radius 2 is 1.45 bits per heavy atom. The molecule has 0 bridgehead atoms. The second-order valence-electron chi connectivity index (χ2n) is 6.00. The minimum absolute atomic E-state index is 0.233. The van der Waals surface area contributed by atoms with Crippen LogP contribution in [0.25, 0.3) is 0 Å². The Kier molecular flexibility index (Phi) is 7.53. The van der Waals surface area contributed by atoms with E-state index in [9.17, 15) is 0 Å². The smallest absolute Gasteiger partial charge is 0.187 e. The van der Waals surface area contributed by atoms with Crippen molar-refractivity contribution in [2.24, 2.45) is 0 Å². The third-order valence-electron chi connectivity index (χ3n) is 4.62. The first-order valence-electron chi connectivity index (χ1n) is 8.13. The van der Waals surface area contributed by atoms with E-state index in [1.54, 1.807) is 28.4 Å². The lowest BCUT2D eigenvalue weighted by atomic mass is 9.96. The lowest BCUT2D eigenvalue weighted by molar-refractivity contribution is -0.323. The molecule has 130 valence electrons. The summed E-state index contributed by atoms with van der Waals surface area (Å²) in [4.78, 5) is 0. The van der Waals surface area contributed by atoms with E-state index in [4.69, 9.17) is 28.4 Å². The maximum Gasteiger partial charge on any atom is 0.187 e. The minimum Gasteiger partial charge on any atom is -0.382 e. The zero-order valence-electron chi connectivity index (χ0n) is 14.2. The first-order chi connectivity index (χ1) is 10.7. The van der Waals surface area contributed by atoms with E-state index in [1.165, 1.54) is 19.3 Å². The predicted molar refractivity (Wildman–Crippen MR) is 80.9 cm³/mol. The van der Waals surface area contributed by atoms with Crippen LogP contribution in [0.4, 0.5) is 0 Å². The molecule has 0 unspecified atom stereocenters. The molecular formula is C16H30O6. The number of methoxy groups -OCH3 is 4. The lowest BCUT2D eigenvalue weighted by Crippen LogP contribution is -2.61. The van der Waals surface area contributed by atoms with Gasteiger partial charge in [-0.1, -0.05) is 19.3 Å². The first-order valence-corrected chi connectivity index (χ1v) is 8.13. The van der Waals surface area contributed by atoms with E-state index in [1.807, 2.05) is 0 Å². The summed E-state index contributed by atoms with van der Waals surface area (Å²) in [5.74, 6) is 0. The Morgan fingerprint density at radius 1 is 0.818 bits per heavy atom. The van der Waals surface area contributed by atoms with Gasteiger partial charge in [0.1, 0.15) is 24.4 Å². The zero-order valence-corrected chi connectivity index (χ0v) is 14.2. The summed E-state index contributed by atoms with van der Waals surface area (Å²) in [6.45, 7) is 0.430. The van der Waals surface area contributed by atoms with Gasteiger partial charge in [0.25, 0.3) is 0 Å². The molecule has 2 aliphatic rings. The van der Waals surface area contributed by atoms with Gasteiger partial charge in [-0.2, -0.15) is 0 Å². The molecule has 0 aromatic heterocycles. The van der Waals surface area contributed by atoms with Gasteiger partial charge in [0.05, 0.1) is 12.7 Å². The van der Waals surface area contributed by atoms with E-state index in [0.29, 0.717) is 6.61 Å². The summed E-state index contributed by atoms with van der Waals surface area (Å²) in [6.07, 6.45) is 4.60. The van der Waals surface area contributed by atoms with Gasteiger partial charge >= 0.3 is 0 Å². The van der Waals surface area contributed by atoms with E-state index >= 15 is 0 Å². The van der Waals surface area contributed by atoms with E-state index in [2.05, 4.69) is 0 Å². The van der Waals surface area contributed by atoms with E-state index in [0.717, 1.165) is 12.8 Å². The highest BCUT2D eigenvalue weighted by molar-refractivity contribution is 4.92. The van der Waals surface area contributed by atoms with Crippen molar-refractivity contribution in [2.75, 3.05) is 35.0 Å². The van der Waals surface area contributed by atoms with Gasteiger partial charge in [-0.3, -0.25) is 0 Å². The average molecular weight is 318 g/mol. The van der Waals surface area contributed by atoms with Gasteiger partial charge in [-0.15, -0.1) is 0 Å². The van der Waals surface area contributed by atoms with Crippen molar-refractivity contribution in [2.45, 2.75) is 68.9 Å². The molecule has 1 saturated carbocycles. The topological polar surface area (TPSA) is 55.4 Å². The molecule has 0 aromatic carbocycles. The Labute approximate surface area is 133 Å². The quantitative estimate of drug-likeness (QED) is 0.713. The molecule has 6 nitrogen and oxygen atoms in total. The molecule has 2 rings (SSSR count). The summed E-state index contributed by atoms with van der Waals surface area (Å²) < 4.78 is 34.4. The fourth-order valence-electron chi connectivity index (χ4n) is 3.48. The fourth-order valence-corrected chi connectivity index (χ4v) is 3.48. The normalized spacial score (nSPS) is 37.4. The van der Waals surface area contributed by atoms with Crippen LogP contribution in [-0.4, -0.2) is 71.9 Å². The number of hydrogen-bond donors (Lipinski definition) is 0. The van der Waals surface area contributed by atoms with Gasteiger partial charge < -0.3 is 28.4 Å². The summed E-state index contributed by atoms with van der Waals surface area (Å²) in [5.41, 5.74) is 0. The predicted octanol–water partition coefficient (Wildman–Crippen LogP) is 1.75. The highest BCUT2D eigenvalue weighted by atomic mass is 16.7. The molecule has 1 aliphatic heterocycles. The van der Waals surface area contributed by atoms with Crippen molar-refractivity contribution in [3.05, 3.63) is 0 Å². The number of ether oxygens (including phenoxy) is 6. The van der Waals surface area contributed by atoms with Crippen LogP contribution in [0.2, 0.25) is 0 Å². The van der Waals surface area contributed by atoms with E-state index < -0.39 is 6.29 Å². The maximum absolute atomic E-state index is 6.20. The van der Waals surface area contributed by atoms with Crippen LogP contribution in [0.1, 0.15) is 32.1 Å². The molecule has 22 heavy (non-hydrogen) atoms. The van der Waals surface area contributed by atoms with Crippen LogP contribution in [0.3, 0.4) is 0 Å². The van der Waals surface area contributed by atoms with Crippen molar-refractivity contribution in [3.8, 4) is 0 Å². The van der Waals surface area contributed by atoms with Gasteiger partial charge in [0.2, 0.25) is 0 Å². The van der Waals surface area contributed by atoms with Gasteiger partial charge in [0.15, 0.2) is 6.29 Å². The van der Waals surface area contributed by atoms with E-state index in [-0.39, 0.29) is 30.5 Å². The molecule has 5 atom stereocenters. The summed E-state index contributed by atoms with van der Waals surface area (Å²) in [7, 11) is 6.62. The zero-order chi connectivity index (χ0) is 15.9. The average Bonchev–Trinajstić information content (AvgIpc) is 2.55. The molecule has 1 saturated heterocycles. The number of rotatable bonds is 7. The monoisotopic (exact) mass is 318 g/mol. The molecule has 2 fully saturated rings. The summed E-state index contributed by atoms with van der Waals surface area (Å²) in [6, 6.07) is 0. The molecular weight excluding hydrogens is 288 g/mol. The molecule has 0 amide bonds. The molecule has 0 radical (unpaired) electrons. The molecule has 1 heterocycles. The first kappa shape index (κ1) is 18.1. The van der Waals surface area contributed by atoms with Crippen LogP contribution in [0, 0.1) is 0 Å². The Morgan fingerprint density at radius 3 is 2.00 bits per heavy atom. The molecule has 0 N–H and O–H groups in total. The van der Waals surface area contributed by atoms with Crippen molar-refractivity contribution in [1.29, 1.82) is 0 Å². The SMILES string of the molecule is COC[C@@H]1O[C@H](OC2CCCCC2)[C@@H](OC)[C@H](OC)[C@@H]1OC. The van der Waals surface area contributed by atoms with Crippen LogP contribution in [-0.2, 0) is 28.4 Å². The maximum atomic E-state index is 6.20. The Hall–Kier alpha value is -0.240. The lowest BCUT2D eigenvalue weighted by Gasteiger charge is -2.45. The molecule has 6 heteroatoms. The van der Waals surface area contributed by atoms with Crippen LogP contribution >= 0.6 is 0 Å². The Bertz CT molecular complexity index is 307. The molecule has 0 spiro atoms. The Balaban J connectivity index is 2.08. The highest BCUT2D eigenvalue weighted by Gasteiger charge is 2.48. The van der Waals surface area contributed by atoms with Crippen molar-refractivity contribution < 1.29 is 28.4 Å². The third-order valence-corrected chi connectivity index (χ3v) is 4.62. The van der Waals surface area contributed by atoms with Crippen molar-refractivity contribution in [3.63, 3.8) is 0 Å². The van der Waals surface area contributed by atoms with Gasteiger partial charge in [-0.25, -0.2) is 0 Å². The van der Waals surface area contributed by atoms with Crippen LogP contribution < -0.4 is 0 Å². The van der Waals surface area contributed by atoms with Crippen LogP contribution in [0.5, 0.6) is 0 Å². The highest BCUT2D eigenvalue weighted by Crippen LogP contribution is 2.31. The largest absolute Gasteiger partial charge is 0.382 e. The minimum atomic E-state index is -0.454. The fraction of sp³-hybridized carbons (Fsp3) is 1.00.